The van der Waals surface area contributed by atoms with Gasteiger partial charge in [0, 0.05) is 19.4 Å². The molecule has 0 spiro atoms. The molecule has 2 aromatic rings. The van der Waals surface area contributed by atoms with Crippen molar-refractivity contribution in [3.8, 4) is 0 Å². The number of aromatic nitrogens is 2. The van der Waals surface area contributed by atoms with Crippen LogP contribution in [0.15, 0.2) is 23.0 Å². The lowest BCUT2D eigenvalue weighted by atomic mass is 9.94. The van der Waals surface area contributed by atoms with E-state index in [1.807, 2.05) is 6.07 Å². The van der Waals surface area contributed by atoms with Gasteiger partial charge in [0.15, 0.2) is 0 Å². The second-order valence-electron chi connectivity index (χ2n) is 8.74. The van der Waals surface area contributed by atoms with E-state index >= 15 is 0 Å². The predicted molar refractivity (Wildman–Crippen MR) is 122 cm³/mol. The van der Waals surface area contributed by atoms with Crippen LogP contribution >= 0.6 is 0 Å². The van der Waals surface area contributed by atoms with E-state index in [2.05, 4.69) is 22.5 Å². The first-order chi connectivity index (χ1) is 15.3. The summed E-state index contributed by atoms with van der Waals surface area (Å²) >= 11 is 0. The van der Waals surface area contributed by atoms with E-state index in [4.69, 9.17) is 0 Å². The summed E-state index contributed by atoms with van der Waals surface area (Å²) in [5, 5.41) is 5.68. The van der Waals surface area contributed by atoms with Gasteiger partial charge in [0.1, 0.15) is 11.4 Å². The number of nitrogens with one attached hydrogen (secondary N) is 2. The Hall–Kier alpha value is -3.03. The largest absolute Gasteiger partial charge is 0.352 e. The molecule has 1 fully saturated rings. The number of amides is 3. The van der Waals surface area contributed by atoms with Gasteiger partial charge in [0.05, 0.1) is 10.9 Å². The van der Waals surface area contributed by atoms with Crippen molar-refractivity contribution in [3.63, 3.8) is 0 Å². The van der Waals surface area contributed by atoms with E-state index in [1.54, 1.807) is 26.0 Å². The van der Waals surface area contributed by atoms with Crippen LogP contribution in [0.2, 0.25) is 0 Å². The molecule has 1 aliphatic rings. The lowest BCUT2D eigenvalue weighted by Crippen LogP contribution is -2.51. The fourth-order valence-corrected chi connectivity index (χ4v) is 4.28. The zero-order chi connectivity index (χ0) is 23.3. The molecule has 1 aromatic heterocycles. The number of hydrogen-bond donors (Lipinski definition) is 2. The highest BCUT2D eigenvalue weighted by Gasteiger charge is 2.40. The Morgan fingerprint density at radius 1 is 1.22 bits per heavy atom. The topological polar surface area (TPSA) is 110 Å². The van der Waals surface area contributed by atoms with Crippen LogP contribution in [-0.2, 0) is 26.5 Å². The first-order valence-corrected chi connectivity index (χ1v) is 11.4. The van der Waals surface area contributed by atoms with Gasteiger partial charge in [-0.25, -0.2) is 4.98 Å². The van der Waals surface area contributed by atoms with E-state index in [9.17, 15) is 19.2 Å². The third-order valence-corrected chi connectivity index (χ3v) is 6.15. The van der Waals surface area contributed by atoms with E-state index in [0.717, 1.165) is 31.2 Å². The highest BCUT2D eigenvalue weighted by Crippen LogP contribution is 2.27. The van der Waals surface area contributed by atoms with Crippen LogP contribution < -0.4 is 16.2 Å². The molecule has 3 rings (SSSR count). The fraction of sp³-hybridized carbons (Fsp3) is 0.542. The van der Waals surface area contributed by atoms with Gasteiger partial charge in [-0.05, 0) is 50.8 Å². The Labute approximate surface area is 187 Å². The molecule has 1 saturated heterocycles. The minimum atomic E-state index is -1.20. The van der Waals surface area contributed by atoms with Crippen molar-refractivity contribution in [2.24, 2.45) is 0 Å². The van der Waals surface area contributed by atoms with Crippen molar-refractivity contribution in [1.82, 2.24) is 20.2 Å². The van der Waals surface area contributed by atoms with Gasteiger partial charge in [-0.2, -0.15) is 0 Å². The van der Waals surface area contributed by atoms with Crippen LogP contribution in [0.5, 0.6) is 0 Å². The summed E-state index contributed by atoms with van der Waals surface area (Å²) in [6.45, 7) is 5.82. The third-order valence-electron chi connectivity index (χ3n) is 6.15. The van der Waals surface area contributed by atoms with E-state index in [0.29, 0.717) is 42.5 Å². The normalized spacial score (nSPS) is 19.0. The van der Waals surface area contributed by atoms with Gasteiger partial charge in [-0.15, -0.1) is 0 Å². The Balaban J connectivity index is 1.86. The molecule has 32 heavy (non-hydrogen) atoms. The molecule has 172 valence electrons. The summed E-state index contributed by atoms with van der Waals surface area (Å²) in [7, 11) is 0. The van der Waals surface area contributed by atoms with Crippen molar-refractivity contribution >= 4 is 28.6 Å². The minimum Gasteiger partial charge on any atom is -0.352 e. The first-order valence-electron chi connectivity index (χ1n) is 11.4. The zero-order valence-corrected chi connectivity index (χ0v) is 19.1. The average Bonchev–Trinajstić information content (AvgIpc) is 2.87. The van der Waals surface area contributed by atoms with Crippen molar-refractivity contribution < 1.29 is 14.4 Å². The summed E-state index contributed by atoms with van der Waals surface area (Å²) in [4.78, 5) is 54.7. The molecule has 1 aliphatic heterocycles. The smallest absolute Gasteiger partial charge is 0.262 e. The Morgan fingerprint density at radius 3 is 2.75 bits per heavy atom. The van der Waals surface area contributed by atoms with Gasteiger partial charge in [-0.3, -0.25) is 29.1 Å². The summed E-state index contributed by atoms with van der Waals surface area (Å²) in [5.74, 6) is -0.403. The number of fused-ring (bicyclic) bond motifs is 1. The van der Waals surface area contributed by atoms with E-state index in [-0.39, 0.29) is 23.8 Å². The number of nitrogens with zero attached hydrogens (tertiary/aromatic N) is 2. The molecule has 8 nitrogen and oxygen atoms in total. The Morgan fingerprint density at radius 2 is 2.00 bits per heavy atom. The Kier molecular flexibility index (Phi) is 7.43. The van der Waals surface area contributed by atoms with Gasteiger partial charge >= 0.3 is 0 Å². The molecule has 3 amide bonds. The maximum absolute atomic E-state index is 13.5. The van der Waals surface area contributed by atoms with Gasteiger partial charge in [0.2, 0.25) is 11.8 Å². The number of carbonyl (C=O) groups excluding carboxylic acids is 3. The maximum Gasteiger partial charge on any atom is 0.262 e. The van der Waals surface area contributed by atoms with Crippen molar-refractivity contribution in [1.29, 1.82) is 0 Å². The number of aryl methyl sites for hydroxylation is 1. The van der Waals surface area contributed by atoms with Crippen molar-refractivity contribution in [3.05, 3.63) is 39.9 Å². The quantitative estimate of drug-likeness (QED) is 0.484. The summed E-state index contributed by atoms with van der Waals surface area (Å²) in [6, 6.07) is 5.32. The second kappa shape index (κ2) is 10.1. The van der Waals surface area contributed by atoms with Crippen LogP contribution in [0, 0.1) is 6.92 Å². The standard InChI is InChI=1S/C24H32N4O4/c1-4-5-6-7-9-20(29)25-15-17-11-12-19-18(14-17)22(31)28(16(2)26-19)24(3)13-8-10-21(30)27-23(24)32/h11-12,14H,4-10,13,15H2,1-3H3,(H,25,29)(H,27,30,32). The predicted octanol–water partition coefficient (Wildman–Crippen LogP) is 2.83. The lowest BCUT2D eigenvalue weighted by Gasteiger charge is -2.30. The van der Waals surface area contributed by atoms with Crippen LogP contribution in [0.25, 0.3) is 10.9 Å². The summed E-state index contributed by atoms with van der Waals surface area (Å²) in [5.41, 5.74) is -0.198. The molecule has 2 heterocycles. The molecule has 1 aromatic carbocycles. The van der Waals surface area contributed by atoms with Crippen molar-refractivity contribution in [2.45, 2.75) is 84.2 Å². The number of imide groups is 1. The van der Waals surface area contributed by atoms with Crippen LogP contribution in [0.4, 0.5) is 0 Å². The minimum absolute atomic E-state index is 0.00653. The van der Waals surface area contributed by atoms with Gasteiger partial charge in [-0.1, -0.05) is 32.3 Å². The number of rotatable bonds is 8. The summed E-state index contributed by atoms with van der Waals surface area (Å²) < 4.78 is 1.40. The van der Waals surface area contributed by atoms with E-state index in [1.165, 1.54) is 4.57 Å². The van der Waals surface area contributed by atoms with E-state index < -0.39 is 11.4 Å². The number of carbonyl (C=O) groups is 3. The highest BCUT2D eigenvalue weighted by molar-refractivity contribution is 5.99. The van der Waals surface area contributed by atoms with Crippen LogP contribution in [-0.4, -0.2) is 27.3 Å². The summed E-state index contributed by atoms with van der Waals surface area (Å²) in [6.07, 6.45) is 5.78. The monoisotopic (exact) mass is 440 g/mol. The molecule has 2 N–H and O–H groups in total. The second-order valence-corrected chi connectivity index (χ2v) is 8.74. The van der Waals surface area contributed by atoms with Gasteiger partial charge < -0.3 is 5.32 Å². The van der Waals surface area contributed by atoms with Crippen molar-refractivity contribution in [2.75, 3.05) is 0 Å². The lowest BCUT2D eigenvalue weighted by molar-refractivity contribution is -0.134. The third kappa shape index (κ3) is 5.06. The molecule has 0 saturated carbocycles. The molecule has 8 heteroatoms. The van der Waals surface area contributed by atoms with Crippen LogP contribution in [0.3, 0.4) is 0 Å². The number of unbranched alkanes of at least 4 members (excludes halogenated alkanes) is 3. The first kappa shape index (κ1) is 23.6. The molecule has 0 radical (unpaired) electrons. The van der Waals surface area contributed by atoms with Gasteiger partial charge in [0.25, 0.3) is 11.5 Å². The fourth-order valence-electron chi connectivity index (χ4n) is 4.28. The SMILES string of the molecule is CCCCCCC(=O)NCc1ccc2nc(C)n(C3(C)CCCC(=O)NC3=O)c(=O)c2c1. The zero-order valence-electron chi connectivity index (χ0n) is 19.1. The molecule has 1 atom stereocenters. The average molecular weight is 441 g/mol. The molecular formula is C24H32N4O4. The molecule has 1 unspecified atom stereocenters. The molecular weight excluding hydrogens is 408 g/mol. The Bertz CT molecular complexity index is 1090. The number of benzene rings is 1. The maximum atomic E-state index is 13.5. The number of hydrogen-bond acceptors (Lipinski definition) is 5. The highest BCUT2D eigenvalue weighted by atomic mass is 16.2. The molecule has 0 bridgehead atoms. The molecule has 0 aliphatic carbocycles. The van der Waals surface area contributed by atoms with Crippen LogP contribution in [0.1, 0.15) is 76.6 Å².